The van der Waals surface area contributed by atoms with Crippen LogP contribution in [0.2, 0.25) is 0 Å². The van der Waals surface area contributed by atoms with Gasteiger partial charge in [-0.2, -0.15) is 10.4 Å². The first-order valence-electron chi connectivity index (χ1n) is 14.1. The van der Waals surface area contributed by atoms with Gasteiger partial charge in [-0.05, 0) is 37.3 Å². The number of carbonyl (C=O) groups excluding carboxylic acids is 1. The standard InChI is InChI=1S/C30H30F3N4O9PS.2Na/c1-20(48-24-15-43-28(44-16-24)5-3-2-4-22-7-6-21(14-34)12-26(22)32)30(17-37-19-35-18-36-37,25-9-8-23(31)13-27(25)33)46-29(38)42-10-11-45-47(39,40)41;;/h2-9,12-13,18-20,24,28H,10-11,15-17H2,1H3,(H2,39,40,41);;/q;2*+1/p-2/t20-,24?,28?,30-;;/m1../s1. The van der Waals surface area contributed by atoms with Gasteiger partial charge in [0.1, 0.15) is 36.7 Å². The summed E-state index contributed by atoms with van der Waals surface area (Å²) >= 11 is 1.21. The number of nitriles is 1. The van der Waals surface area contributed by atoms with Crippen LogP contribution in [-0.4, -0.2) is 64.1 Å². The third-order valence-electron chi connectivity index (χ3n) is 6.80. The van der Waals surface area contributed by atoms with Crippen molar-refractivity contribution < 1.29 is 115 Å². The number of carbonyl (C=O) groups is 1. The maximum atomic E-state index is 15.4. The van der Waals surface area contributed by atoms with E-state index in [0.29, 0.717) is 6.07 Å². The number of thioether (sulfide) groups is 1. The van der Waals surface area contributed by atoms with E-state index in [1.807, 2.05) is 6.07 Å². The number of halogens is 3. The van der Waals surface area contributed by atoms with E-state index in [9.17, 15) is 27.9 Å². The average molecular weight is 755 g/mol. The Morgan fingerprint density at radius 1 is 1.16 bits per heavy atom. The summed E-state index contributed by atoms with van der Waals surface area (Å²) in [7, 11) is -5.32. The van der Waals surface area contributed by atoms with Gasteiger partial charge in [0.05, 0.1) is 51.1 Å². The Kier molecular flexibility index (Phi) is 18.4. The smallest absolute Gasteiger partial charge is 0.790 e. The zero-order chi connectivity index (χ0) is 34.7. The molecule has 0 aliphatic carbocycles. The first kappa shape index (κ1) is 44.2. The van der Waals surface area contributed by atoms with Gasteiger partial charge in [0, 0.05) is 22.4 Å². The quantitative estimate of drug-likeness (QED) is 0.0560. The van der Waals surface area contributed by atoms with Gasteiger partial charge < -0.3 is 37.8 Å². The maximum Gasteiger partial charge on any atom is 1.00 e. The molecule has 0 bridgehead atoms. The summed E-state index contributed by atoms with van der Waals surface area (Å²) in [5.74, 6) is -2.46. The third kappa shape index (κ3) is 13.2. The van der Waals surface area contributed by atoms with Gasteiger partial charge in [-0.3, -0.25) is 0 Å². The summed E-state index contributed by atoms with van der Waals surface area (Å²) in [5, 5.41) is 11.7. The van der Waals surface area contributed by atoms with Crippen molar-refractivity contribution in [2.24, 2.45) is 0 Å². The van der Waals surface area contributed by atoms with E-state index in [0.717, 1.165) is 18.2 Å². The van der Waals surface area contributed by atoms with Gasteiger partial charge in [0.15, 0.2) is 11.9 Å². The second-order valence-electron chi connectivity index (χ2n) is 10.1. The number of ether oxygens (including phenoxy) is 4. The molecule has 256 valence electrons. The number of phosphoric acid groups is 1. The van der Waals surface area contributed by atoms with E-state index in [-0.39, 0.29) is 101 Å². The molecule has 0 unspecified atom stereocenters. The Morgan fingerprint density at radius 3 is 2.52 bits per heavy atom. The van der Waals surface area contributed by atoms with Gasteiger partial charge >= 0.3 is 65.3 Å². The van der Waals surface area contributed by atoms with Gasteiger partial charge in [-0.15, -0.1) is 11.8 Å². The molecule has 50 heavy (non-hydrogen) atoms. The summed E-state index contributed by atoms with van der Waals surface area (Å²) in [4.78, 5) is 38.2. The minimum atomic E-state index is -5.32. The molecule has 4 rings (SSSR count). The molecule has 0 amide bonds. The molecule has 1 saturated heterocycles. The van der Waals surface area contributed by atoms with E-state index >= 15 is 4.39 Å². The van der Waals surface area contributed by atoms with E-state index < -0.39 is 61.8 Å². The van der Waals surface area contributed by atoms with Crippen LogP contribution in [0.5, 0.6) is 0 Å². The normalized spacial score (nSPS) is 18.0. The van der Waals surface area contributed by atoms with Crippen molar-refractivity contribution in [3.63, 3.8) is 0 Å². The minimum Gasteiger partial charge on any atom is -0.790 e. The number of hydrogen-bond acceptors (Lipinski definition) is 13. The molecule has 3 aromatic rings. The third-order valence-corrected chi connectivity index (χ3v) is 8.74. The number of aromatic nitrogens is 3. The summed E-state index contributed by atoms with van der Waals surface area (Å²) in [6, 6.07) is 8.71. The second-order valence-corrected chi connectivity index (χ2v) is 12.9. The van der Waals surface area contributed by atoms with Crippen LogP contribution in [0.25, 0.3) is 6.08 Å². The summed E-state index contributed by atoms with van der Waals surface area (Å²) in [6.07, 6.45) is 6.70. The predicted octanol–water partition coefficient (Wildman–Crippen LogP) is -2.40. The fourth-order valence-corrected chi connectivity index (χ4v) is 6.24. The molecule has 1 fully saturated rings. The maximum absolute atomic E-state index is 15.4. The molecule has 13 nitrogen and oxygen atoms in total. The van der Waals surface area contributed by atoms with Crippen LogP contribution in [0.3, 0.4) is 0 Å². The monoisotopic (exact) mass is 754 g/mol. The molecule has 0 radical (unpaired) electrons. The van der Waals surface area contributed by atoms with Crippen LogP contribution in [0.4, 0.5) is 18.0 Å². The van der Waals surface area contributed by atoms with Crippen molar-refractivity contribution in [3.05, 3.63) is 101 Å². The molecule has 0 spiro atoms. The minimum absolute atomic E-state index is 0. The number of benzene rings is 2. The molecule has 20 heteroatoms. The molecule has 2 heterocycles. The topological polar surface area (TPSA) is 181 Å². The largest absolute Gasteiger partial charge is 1.00 e. The van der Waals surface area contributed by atoms with E-state index in [1.165, 1.54) is 47.3 Å². The first-order valence-corrected chi connectivity index (χ1v) is 16.5. The summed E-state index contributed by atoms with van der Waals surface area (Å²) in [6.45, 7) is 0.156. The first-order chi connectivity index (χ1) is 22.9. The van der Waals surface area contributed by atoms with Gasteiger partial charge in [0.25, 0.3) is 0 Å². The Bertz CT molecular complexity index is 1710. The van der Waals surface area contributed by atoms with Crippen LogP contribution in [0.15, 0.2) is 67.3 Å². The Morgan fingerprint density at radius 2 is 1.90 bits per heavy atom. The summed E-state index contributed by atoms with van der Waals surface area (Å²) in [5.41, 5.74) is -1.64. The van der Waals surface area contributed by atoms with E-state index in [1.54, 1.807) is 25.2 Å². The number of hydrogen-bond donors (Lipinski definition) is 0. The van der Waals surface area contributed by atoms with Crippen molar-refractivity contribution in [2.45, 2.75) is 35.9 Å². The molecular weight excluding hydrogens is 726 g/mol. The number of allylic oxidation sites excluding steroid dienone is 2. The number of phosphoric ester groups is 1. The van der Waals surface area contributed by atoms with Crippen LogP contribution < -0.4 is 68.9 Å². The van der Waals surface area contributed by atoms with Gasteiger partial charge in [-0.25, -0.2) is 27.6 Å². The molecule has 1 aliphatic rings. The average Bonchev–Trinajstić information content (AvgIpc) is 3.55. The van der Waals surface area contributed by atoms with Crippen molar-refractivity contribution in [3.8, 4) is 6.07 Å². The molecule has 2 atom stereocenters. The van der Waals surface area contributed by atoms with Gasteiger partial charge in [-0.1, -0.05) is 24.3 Å². The fourth-order valence-electron chi connectivity index (χ4n) is 4.58. The van der Waals surface area contributed by atoms with Gasteiger partial charge in [0.2, 0.25) is 0 Å². The molecule has 0 saturated carbocycles. The zero-order valence-electron chi connectivity index (χ0n) is 27.1. The Balaban J connectivity index is 0.00000433. The Hall–Kier alpha value is -2.01. The van der Waals surface area contributed by atoms with Crippen LogP contribution in [0, 0.1) is 28.8 Å². The number of nitrogens with zero attached hydrogens (tertiary/aromatic N) is 4. The fraction of sp³-hybridized carbons (Fsp3) is 0.333. The van der Waals surface area contributed by atoms with Crippen molar-refractivity contribution in [1.29, 1.82) is 5.26 Å². The summed E-state index contributed by atoms with van der Waals surface area (Å²) < 4.78 is 81.8. The SMILES string of the molecule is C[C@@H](SC1COC(C=CC=Cc2ccc(C#N)cc2F)OC1)[C@@](Cn1cncn1)(OC(=O)OCCOP(=O)([O-])[O-])c1ccc(F)cc1F.[Na+].[Na+]. The molecule has 1 aliphatic heterocycles. The van der Waals surface area contributed by atoms with Crippen LogP contribution in [-0.2, 0) is 40.2 Å². The van der Waals surface area contributed by atoms with E-state index in [2.05, 4.69) is 14.6 Å². The van der Waals surface area contributed by atoms with Crippen molar-refractivity contribution >= 4 is 31.8 Å². The zero-order valence-corrected chi connectivity index (χ0v) is 32.9. The molecule has 1 aromatic heterocycles. The van der Waals surface area contributed by atoms with Crippen LogP contribution >= 0.6 is 19.6 Å². The van der Waals surface area contributed by atoms with Crippen molar-refractivity contribution in [1.82, 2.24) is 14.8 Å². The molecule has 0 N–H and O–H groups in total. The van der Waals surface area contributed by atoms with Crippen molar-refractivity contribution in [2.75, 3.05) is 26.4 Å². The second kappa shape index (κ2) is 20.9. The van der Waals surface area contributed by atoms with E-state index in [4.69, 9.17) is 24.2 Å². The Labute approximate surface area is 334 Å². The predicted molar refractivity (Wildman–Crippen MR) is 160 cm³/mol. The molecular formula is C30H28F3N4Na2O9PS. The number of rotatable bonds is 14. The molecule has 2 aromatic carbocycles. The van der Waals surface area contributed by atoms with Crippen LogP contribution in [0.1, 0.15) is 23.6 Å².